The third-order valence-electron chi connectivity index (χ3n) is 4.50. The molecule has 1 N–H and O–H groups in total. The summed E-state index contributed by atoms with van der Waals surface area (Å²) in [7, 11) is 0. The second kappa shape index (κ2) is 6.06. The molecule has 1 aliphatic rings. The standard InChI is InChI=1S/C15H27N3O/c1-6-16-15(13-8-9-17-18(13)7-2)14-10(3)11(4)19-12(14)5/h8-12,14-16H,6-7H2,1-5H3. The van der Waals surface area contributed by atoms with Crippen LogP contribution in [0, 0.1) is 11.8 Å². The fourth-order valence-corrected chi connectivity index (χ4v) is 3.40. The Hall–Kier alpha value is -0.870. The number of nitrogens with zero attached hydrogens (tertiary/aromatic N) is 2. The molecular formula is C15H27N3O. The van der Waals surface area contributed by atoms with E-state index in [2.05, 4.69) is 55.8 Å². The van der Waals surface area contributed by atoms with Crippen LogP contribution in [0.3, 0.4) is 0 Å². The highest BCUT2D eigenvalue weighted by atomic mass is 16.5. The lowest BCUT2D eigenvalue weighted by atomic mass is 9.82. The van der Waals surface area contributed by atoms with E-state index in [0.717, 1.165) is 13.1 Å². The smallest absolute Gasteiger partial charge is 0.0601 e. The first-order valence-electron chi connectivity index (χ1n) is 7.50. The maximum Gasteiger partial charge on any atom is 0.0601 e. The molecule has 1 saturated heterocycles. The molecule has 5 unspecified atom stereocenters. The quantitative estimate of drug-likeness (QED) is 0.889. The van der Waals surface area contributed by atoms with Crippen molar-refractivity contribution in [2.75, 3.05) is 6.54 Å². The van der Waals surface area contributed by atoms with E-state index >= 15 is 0 Å². The Bertz CT molecular complexity index is 404. The summed E-state index contributed by atoms with van der Waals surface area (Å²) in [6.45, 7) is 12.9. The Kier molecular flexibility index (Phi) is 4.63. The second-order valence-corrected chi connectivity index (χ2v) is 5.59. The van der Waals surface area contributed by atoms with E-state index in [1.165, 1.54) is 5.69 Å². The number of ether oxygens (including phenoxy) is 1. The maximum absolute atomic E-state index is 6.02. The molecule has 0 aromatic carbocycles. The molecule has 0 bridgehead atoms. The van der Waals surface area contributed by atoms with Gasteiger partial charge in [-0.2, -0.15) is 5.10 Å². The predicted octanol–water partition coefficient (Wildman–Crippen LogP) is 2.61. The number of aromatic nitrogens is 2. The third kappa shape index (κ3) is 2.70. The summed E-state index contributed by atoms with van der Waals surface area (Å²) >= 11 is 0. The average Bonchev–Trinajstić information content (AvgIpc) is 2.94. The largest absolute Gasteiger partial charge is 0.375 e. The zero-order chi connectivity index (χ0) is 14.0. The minimum Gasteiger partial charge on any atom is -0.375 e. The highest BCUT2D eigenvalue weighted by molar-refractivity contribution is 5.11. The summed E-state index contributed by atoms with van der Waals surface area (Å²) < 4.78 is 8.11. The fourth-order valence-electron chi connectivity index (χ4n) is 3.40. The first-order valence-corrected chi connectivity index (χ1v) is 7.50. The molecule has 1 aromatic rings. The number of rotatable bonds is 5. The maximum atomic E-state index is 6.02. The van der Waals surface area contributed by atoms with E-state index < -0.39 is 0 Å². The van der Waals surface area contributed by atoms with Gasteiger partial charge in [-0.15, -0.1) is 0 Å². The lowest BCUT2D eigenvalue weighted by Gasteiger charge is -2.30. The van der Waals surface area contributed by atoms with Crippen molar-refractivity contribution >= 4 is 0 Å². The minimum absolute atomic E-state index is 0.286. The van der Waals surface area contributed by atoms with Crippen LogP contribution in [0.15, 0.2) is 12.3 Å². The molecule has 1 aromatic heterocycles. The van der Waals surface area contributed by atoms with Gasteiger partial charge in [0.1, 0.15) is 0 Å². The van der Waals surface area contributed by atoms with Gasteiger partial charge in [-0.1, -0.05) is 13.8 Å². The van der Waals surface area contributed by atoms with Gasteiger partial charge < -0.3 is 10.1 Å². The van der Waals surface area contributed by atoms with Gasteiger partial charge in [0.05, 0.1) is 23.9 Å². The van der Waals surface area contributed by atoms with Crippen LogP contribution in [-0.2, 0) is 11.3 Å². The predicted molar refractivity (Wildman–Crippen MR) is 77.0 cm³/mol. The second-order valence-electron chi connectivity index (χ2n) is 5.59. The first kappa shape index (κ1) is 14.5. The van der Waals surface area contributed by atoms with Gasteiger partial charge in [-0.25, -0.2) is 0 Å². The molecule has 2 heterocycles. The van der Waals surface area contributed by atoms with Gasteiger partial charge in [0.15, 0.2) is 0 Å². The zero-order valence-corrected chi connectivity index (χ0v) is 12.8. The Balaban J connectivity index is 2.30. The van der Waals surface area contributed by atoms with Gasteiger partial charge in [0, 0.05) is 18.7 Å². The van der Waals surface area contributed by atoms with Crippen molar-refractivity contribution in [3.8, 4) is 0 Å². The van der Waals surface area contributed by atoms with Crippen molar-refractivity contribution in [1.29, 1.82) is 0 Å². The molecule has 0 aliphatic carbocycles. The molecule has 4 nitrogen and oxygen atoms in total. The first-order chi connectivity index (χ1) is 9.10. The molecule has 0 radical (unpaired) electrons. The summed E-state index contributed by atoms with van der Waals surface area (Å²) in [6, 6.07) is 2.46. The number of aryl methyl sites for hydroxylation is 1. The molecule has 0 amide bonds. The van der Waals surface area contributed by atoms with Gasteiger partial charge in [-0.3, -0.25) is 4.68 Å². The Morgan fingerprint density at radius 3 is 2.58 bits per heavy atom. The van der Waals surface area contributed by atoms with Crippen LogP contribution in [0.5, 0.6) is 0 Å². The molecule has 1 aliphatic heterocycles. The van der Waals surface area contributed by atoms with E-state index in [1.54, 1.807) is 0 Å². The zero-order valence-electron chi connectivity index (χ0n) is 12.8. The molecule has 19 heavy (non-hydrogen) atoms. The average molecular weight is 265 g/mol. The topological polar surface area (TPSA) is 39.1 Å². The Morgan fingerprint density at radius 2 is 2.05 bits per heavy atom. The number of hydrogen-bond donors (Lipinski definition) is 1. The molecule has 108 valence electrons. The van der Waals surface area contributed by atoms with Gasteiger partial charge in [0.25, 0.3) is 0 Å². The monoisotopic (exact) mass is 265 g/mol. The third-order valence-corrected chi connectivity index (χ3v) is 4.50. The molecule has 1 fully saturated rings. The highest BCUT2D eigenvalue weighted by Crippen LogP contribution is 2.40. The normalized spacial score (nSPS) is 32.7. The van der Waals surface area contributed by atoms with E-state index in [4.69, 9.17) is 4.74 Å². The van der Waals surface area contributed by atoms with Gasteiger partial charge in [0.2, 0.25) is 0 Å². The van der Waals surface area contributed by atoms with Crippen LogP contribution < -0.4 is 5.32 Å². The van der Waals surface area contributed by atoms with E-state index in [9.17, 15) is 0 Å². The lowest BCUT2D eigenvalue weighted by molar-refractivity contribution is 0.0472. The summed E-state index contributed by atoms with van der Waals surface area (Å²) in [5.41, 5.74) is 1.28. The van der Waals surface area contributed by atoms with E-state index in [-0.39, 0.29) is 6.10 Å². The van der Waals surface area contributed by atoms with Crippen molar-refractivity contribution in [3.63, 3.8) is 0 Å². The van der Waals surface area contributed by atoms with Crippen molar-refractivity contribution in [3.05, 3.63) is 18.0 Å². The Labute approximate surface area is 116 Å². The molecule has 0 spiro atoms. The number of nitrogens with one attached hydrogen (secondary N) is 1. The van der Waals surface area contributed by atoms with E-state index in [0.29, 0.717) is 24.0 Å². The molecule has 0 saturated carbocycles. The summed E-state index contributed by atoms with van der Waals surface area (Å²) in [5, 5.41) is 8.06. The van der Waals surface area contributed by atoms with E-state index in [1.807, 2.05) is 6.20 Å². The van der Waals surface area contributed by atoms with Crippen LogP contribution in [0.2, 0.25) is 0 Å². The molecule has 4 heteroatoms. The van der Waals surface area contributed by atoms with Crippen LogP contribution in [-0.4, -0.2) is 28.5 Å². The summed E-state index contributed by atoms with van der Waals surface area (Å²) in [4.78, 5) is 0. The summed E-state index contributed by atoms with van der Waals surface area (Å²) in [5.74, 6) is 1.05. The van der Waals surface area contributed by atoms with Gasteiger partial charge in [-0.05, 0) is 39.3 Å². The van der Waals surface area contributed by atoms with Crippen LogP contribution in [0.1, 0.15) is 46.4 Å². The van der Waals surface area contributed by atoms with Crippen molar-refractivity contribution in [2.45, 2.75) is 59.4 Å². The molecule has 2 rings (SSSR count). The fraction of sp³-hybridized carbons (Fsp3) is 0.800. The Morgan fingerprint density at radius 1 is 1.32 bits per heavy atom. The molecule has 5 atom stereocenters. The molecular weight excluding hydrogens is 238 g/mol. The highest BCUT2D eigenvalue weighted by Gasteiger charge is 2.42. The van der Waals surface area contributed by atoms with Crippen molar-refractivity contribution < 1.29 is 4.74 Å². The van der Waals surface area contributed by atoms with Crippen LogP contribution >= 0.6 is 0 Å². The number of hydrogen-bond acceptors (Lipinski definition) is 3. The SMILES string of the molecule is CCNC(c1ccnn1CC)C1C(C)OC(C)C1C. The lowest BCUT2D eigenvalue weighted by Crippen LogP contribution is -2.36. The van der Waals surface area contributed by atoms with Crippen molar-refractivity contribution in [2.24, 2.45) is 11.8 Å². The minimum atomic E-state index is 0.286. The van der Waals surface area contributed by atoms with Gasteiger partial charge >= 0.3 is 0 Å². The van der Waals surface area contributed by atoms with Crippen LogP contribution in [0.25, 0.3) is 0 Å². The summed E-state index contributed by atoms with van der Waals surface area (Å²) in [6.07, 6.45) is 2.52. The van der Waals surface area contributed by atoms with Crippen LogP contribution in [0.4, 0.5) is 0 Å². The van der Waals surface area contributed by atoms with Crippen molar-refractivity contribution in [1.82, 2.24) is 15.1 Å².